The Hall–Kier alpha value is -5.95. The number of benzene rings is 8. The summed E-state index contributed by atoms with van der Waals surface area (Å²) >= 11 is 0. The van der Waals surface area contributed by atoms with Crippen LogP contribution < -0.4 is 30.5 Å². The molecule has 0 amide bonds. The third-order valence-corrected chi connectivity index (χ3v) is 19.5. The highest BCUT2D eigenvalue weighted by Gasteiger charge is 2.43. The van der Waals surface area contributed by atoms with Crippen molar-refractivity contribution in [3.63, 3.8) is 0 Å². The second-order valence-electron chi connectivity index (χ2n) is 16.8. The van der Waals surface area contributed by atoms with Gasteiger partial charge in [-0.15, -0.1) is 0 Å². The van der Waals surface area contributed by atoms with Gasteiger partial charge in [-0.25, -0.2) is 0 Å². The van der Waals surface area contributed by atoms with E-state index >= 15 is 0 Å². The molecular formula is C52H46N2Si2. The first kappa shape index (κ1) is 34.5. The number of anilines is 6. The van der Waals surface area contributed by atoms with E-state index in [1.54, 1.807) is 10.4 Å². The second kappa shape index (κ2) is 12.8. The lowest BCUT2D eigenvalue weighted by atomic mass is 9.91. The van der Waals surface area contributed by atoms with E-state index in [4.69, 9.17) is 0 Å². The molecule has 0 unspecified atom stereocenters. The van der Waals surface area contributed by atoms with Gasteiger partial charge in [0.2, 0.25) is 0 Å². The molecule has 0 radical (unpaired) electrons. The normalized spacial score (nSPS) is 14.2. The SMILES string of the molecule is Cc1cccc(N(c2ccccc2)c2ccc3c(c2)[Si](C)(C)c2cc4c5c(cccc5c2-3)[Si](C)(C)c2cc(N(c3ccccc3)c3cccc(C)c3)ccc2-4)c1. The lowest BCUT2D eigenvalue weighted by Crippen LogP contribution is -2.56. The molecular weight excluding hydrogens is 709 g/mol. The van der Waals surface area contributed by atoms with Gasteiger partial charge in [0.25, 0.3) is 0 Å². The molecule has 2 aliphatic heterocycles. The van der Waals surface area contributed by atoms with Crippen LogP contribution in [0.2, 0.25) is 26.2 Å². The van der Waals surface area contributed by atoms with Crippen LogP contribution in [0.25, 0.3) is 33.0 Å². The van der Waals surface area contributed by atoms with Crippen LogP contribution in [0.15, 0.2) is 170 Å². The van der Waals surface area contributed by atoms with Gasteiger partial charge in [-0.3, -0.25) is 0 Å². The lowest BCUT2D eigenvalue weighted by molar-refractivity contribution is 1.27. The lowest BCUT2D eigenvalue weighted by Gasteiger charge is -2.36. The zero-order chi connectivity index (χ0) is 38.3. The van der Waals surface area contributed by atoms with Gasteiger partial charge in [-0.1, -0.05) is 123 Å². The molecule has 2 heterocycles. The van der Waals surface area contributed by atoms with Gasteiger partial charge in [0.05, 0.1) is 0 Å². The van der Waals surface area contributed by atoms with Crippen molar-refractivity contribution in [3.05, 3.63) is 181 Å². The largest absolute Gasteiger partial charge is 0.311 e. The Morgan fingerprint density at radius 1 is 0.339 bits per heavy atom. The van der Waals surface area contributed by atoms with Crippen LogP contribution in [0.4, 0.5) is 34.1 Å². The molecule has 0 aliphatic carbocycles. The van der Waals surface area contributed by atoms with E-state index in [9.17, 15) is 0 Å². The quantitative estimate of drug-likeness (QED) is 0.156. The van der Waals surface area contributed by atoms with E-state index < -0.39 is 16.1 Å². The maximum atomic E-state index is 2.63. The fourth-order valence-electron chi connectivity index (χ4n) is 9.70. The predicted octanol–water partition coefficient (Wildman–Crippen LogP) is 12.0. The maximum absolute atomic E-state index is 2.63. The topological polar surface area (TPSA) is 6.48 Å². The highest BCUT2D eigenvalue weighted by Crippen LogP contribution is 2.44. The predicted molar refractivity (Wildman–Crippen MR) is 247 cm³/mol. The number of aryl methyl sites for hydroxylation is 2. The van der Waals surface area contributed by atoms with Crippen molar-refractivity contribution in [2.45, 2.75) is 40.0 Å². The Morgan fingerprint density at radius 3 is 1.36 bits per heavy atom. The fourth-order valence-corrected chi connectivity index (χ4v) is 15.9. The van der Waals surface area contributed by atoms with Gasteiger partial charge in [0.15, 0.2) is 0 Å². The molecule has 0 saturated heterocycles. The van der Waals surface area contributed by atoms with E-state index in [1.807, 2.05) is 0 Å². The molecule has 0 N–H and O–H groups in total. The Bertz CT molecular complexity index is 2840. The first-order chi connectivity index (χ1) is 27.1. The Morgan fingerprint density at radius 2 is 0.804 bits per heavy atom. The zero-order valence-electron chi connectivity index (χ0n) is 33.1. The summed E-state index contributed by atoms with van der Waals surface area (Å²) in [5.74, 6) is 0. The molecule has 4 heteroatoms. The van der Waals surface area contributed by atoms with Crippen LogP contribution in [-0.2, 0) is 0 Å². The Kier molecular flexibility index (Phi) is 7.90. The monoisotopic (exact) mass is 754 g/mol. The molecule has 8 aromatic rings. The number of nitrogens with zero attached hydrogens (tertiary/aromatic N) is 2. The number of fused-ring (bicyclic) bond motifs is 6. The fraction of sp³-hybridized carbons (Fsp3) is 0.115. The highest BCUT2D eigenvalue weighted by molar-refractivity contribution is 7.05. The van der Waals surface area contributed by atoms with Crippen molar-refractivity contribution < 1.29 is 0 Å². The van der Waals surface area contributed by atoms with Crippen LogP contribution in [0.1, 0.15) is 11.1 Å². The summed E-state index contributed by atoms with van der Waals surface area (Å²) in [6.07, 6.45) is 0. The van der Waals surface area contributed by atoms with Gasteiger partial charge >= 0.3 is 0 Å². The molecule has 2 nitrogen and oxygen atoms in total. The molecule has 0 atom stereocenters. The van der Waals surface area contributed by atoms with Crippen molar-refractivity contribution >= 4 is 81.8 Å². The molecule has 56 heavy (non-hydrogen) atoms. The second-order valence-corrected chi connectivity index (χ2v) is 25.5. The van der Waals surface area contributed by atoms with Gasteiger partial charge in [0, 0.05) is 34.1 Å². The third kappa shape index (κ3) is 5.27. The summed E-state index contributed by atoms with van der Waals surface area (Å²) in [5, 5.41) is 9.00. The van der Waals surface area contributed by atoms with E-state index in [-0.39, 0.29) is 0 Å². The number of rotatable bonds is 6. The average molecular weight is 755 g/mol. The van der Waals surface area contributed by atoms with Crippen molar-refractivity contribution in [2.75, 3.05) is 9.80 Å². The Balaban J connectivity index is 1.16. The minimum Gasteiger partial charge on any atom is -0.311 e. The minimum absolute atomic E-state index is 1.17. The highest BCUT2D eigenvalue weighted by atomic mass is 28.3. The van der Waals surface area contributed by atoms with E-state index in [2.05, 4.69) is 220 Å². The number of hydrogen-bond acceptors (Lipinski definition) is 2. The van der Waals surface area contributed by atoms with Crippen molar-refractivity contribution in [3.8, 4) is 22.3 Å². The van der Waals surface area contributed by atoms with Gasteiger partial charge in [0.1, 0.15) is 16.1 Å². The van der Waals surface area contributed by atoms with Crippen molar-refractivity contribution in [1.82, 2.24) is 0 Å². The molecule has 0 aromatic heterocycles. The van der Waals surface area contributed by atoms with Crippen LogP contribution in [0.3, 0.4) is 0 Å². The maximum Gasteiger partial charge on any atom is 0.113 e. The third-order valence-electron chi connectivity index (χ3n) is 12.5. The minimum atomic E-state index is -2.14. The van der Waals surface area contributed by atoms with Gasteiger partial charge < -0.3 is 9.80 Å². The first-order valence-corrected chi connectivity index (χ1v) is 25.9. The van der Waals surface area contributed by atoms with Crippen LogP contribution >= 0.6 is 0 Å². The zero-order valence-corrected chi connectivity index (χ0v) is 35.1. The molecule has 0 fully saturated rings. The molecule has 0 bridgehead atoms. The van der Waals surface area contributed by atoms with E-state index in [1.165, 1.54) is 88.7 Å². The van der Waals surface area contributed by atoms with Crippen molar-refractivity contribution in [1.29, 1.82) is 0 Å². The summed E-state index contributed by atoms with van der Waals surface area (Å²) in [6.45, 7) is 14.6. The van der Waals surface area contributed by atoms with E-state index in [0.29, 0.717) is 0 Å². The van der Waals surface area contributed by atoms with Crippen molar-refractivity contribution in [2.24, 2.45) is 0 Å². The number of para-hydroxylation sites is 2. The van der Waals surface area contributed by atoms with Gasteiger partial charge in [-0.05, 0) is 152 Å². The van der Waals surface area contributed by atoms with Crippen LogP contribution in [-0.4, -0.2) is 16.1 Å². The first-order valence-electron chi connectivity index (χ1n) is 19.9. The molecule has 2 aliphatic rings. The molecule has 8 aromatic carbocycles. The standard InChI is InChI=1S/C52H46N2Si2/c1-35-16-13-22-39(30-35)53(37-18-9-7-10-19-37)41-26-28-43-46-34-50-51(45-24-15-25-47(52(45)46)55(3,4)48(43)32-41)44-29-27-42(33-49(44)56(50,5)6)54(38-20-11-8-12-21-38)40-23-14-17-36(2)31-40/h7-34H,1-6H3. The summed E-state index contributed by atoms with van der Waals surface area (Å²) in [7, 11) is -4.27. The smallest absolute Gasteiger partial charge is 0.113 e. The molecule has 10 rings (SSSR count). The summed E-state index contributed by atoms with van der Waals surface area (Å²) < 4.78 is 0. The summed E-state index contributed by atoms with van der Waals surface area (Å²) in [4.78, 5) is 4.85. The van der Waals surface area contributed by atoms with Crippen LogP contribution in [0, 0.1) is 13.8 Å². The summed E-state index contributed by atoms with van der Waals surface area (Å²) in [5.41, 5.74) is 15.4. The summed E-state index contributed by atoms with van der Waals surface area (Å²) in [6, 6.07) is 63.8. The van der Waals surface area contributed by atoms with Gasteiger partial charge in [-0.2, -0.15) is 0 Å². The average Bonchev–Trinajstić information content (AvgIpc) is 3.43. The number of hydrogen-bond donors (Lipinski definition) is 0. The van der Waals surface area contributed by atoms with E-state index in [0.717, 1.165) is 0 Å². The molecule has 272 valence electrons. The molecule has 0 saturated carbocycles. The Labute approximate surface area is 333 Å². The van der Waals surface area contributed by atoms with Crippen LogP contribution in [0.5, 0.6) is 0 Å². The molecule has 0 spiro atoms.